The number of nitrogens with one attached hydrogen (secondary N) is 1. The molecule has 102 valence electrons. The Bertz CT molecular complexity index is 774. The van der Waals surface area contributed by atoms with E-state index in [-0.39, 0.29) is 11.6 Å². The maximum atomic E-state index is 13.7. The van der Waals surface area contributed by atoms with Crippen LogP contribution in [0.3, 0.4) is 0 Å². The second-order valence-corrected chi connectivity index (χ2v) is 4.93. The minimum Gasteiger partial charge on any atom is -0.433 e. The third-order valence-corrected chi connectivity index (χ3v) is 3.19. The van der Waals surface area contributed by atoms with Crippen LogP contribution in [-0.4, -0.2) is 21.4 Å². The van der Waals surface area contributed by atoms with Crippen molar-refractivity contribution in [2.45, 2.75) is 0 Å². The number of hydrogen-bond donors (Lipinski definition) is 1. The smallest absolute Gasteiger partial charge is 0.265 e. The van der Waals surface area contributed by atoms with Gasteiger partial charge in [0.15, 0.2) is 11.6 Å². The number of imidazole rings is 1. The van der Waals surface area contributed by atoms with Crippen LogP contribution < -0.4 is 10.1 Å². The van der Waals surface area contributed by atoms with Crippen LogP contribution >= 0.6 is 15.9 Å². The van der Waals surface area contributed by atoms with E-state index in [1.54, 1.807) is 42.2 Å². The lowest BCUT2D eigenvalue weighted by atomic mass is 10.3. The second-order valence-electron chi connectivity index (χ2n) is 4.02. The fourth-order valence-electron chi connectivity index (χ4n) is 1.75. The van der Waals surface area contributed by atoms with Crippen molar-refractivity contribution in [2.75, 3.05) is 12.4 Å². The highest BCUT2D eigenvalue weighted by Gasteiger charge is 2.12. The molecule has 3 rings (SSSR count). The van der Waals surface area contributed by atoms with Gasteiger partial charge in [0.1, 0.15) is 5.82 Å². The van der Waals surface area contributed by atoms with E-state index in [1.807, 2.05) is 0 Å². The molecule has 2 heterocycles. The molecular weight excluding hydrogens is 327 g/mol. The van der Waals surface area contributed by atoms with Crippen molar-refractivity contribution < 1.29 is 9.13 Å². The van der Waals surface area contributed by atoms with Crippen molar-refractivity contribution in [1.29, 1.82) is 0 Å². The maximum Gasteiger partial charge on any atom is 0.265 e. The van der Waals surface area contributed by atoms with Gasteiger partial charge in [-0.1, -0.05) is 15.9 Å². The Kier molecular flexibility index (Phi) is 3.27. The molecule has 0 aliphatic rings. The SMILES string of the molecule is CNc1cn2ccnc2c(Oc2cc(Br)ccc2F)n1. The first-order chi connectivity index (χ1) is 9.67. The summed E-state index contributed by atoms with van der Waals surface area (Å²) < 4.78 is 21.8. The summed E-state index contributed by atoms with van der Waals surface area (Å²) >= 11 is 3.28. The zero-order valence-electron chi connectivity index (χ0n) is 10.5. The molecule has 0 spiro atoms. The minimum atomic E-state index is -0.463. The lowest BCUT2D eigenvalue weighted by Crippen LogP contribution is -2.00. The number of benzene rings is 1. The number of hydrogen-bond acceptors (Lipinski definition) is 4. The van der Waals surface area contributed by atoms with Crippen LogP contribution in [0.1, 0.15) is 0 Å². The first kappa shape index (κ1) is 12.9. The first-order valence-corrected chi connectivity index (χ1v) is 6.61. The maximum absolute atomic E-state index is 13.7. The summed E-state index contributed by atoms with van der Waals surface area (Å²) in [5.74, 6) is 0.458. The van der Waals surface area contributed by atoms with Gasteiger partial charge in [0.05, 0.1) is 6.20 Å². The Balaban J connectivity index is 2.09. The topological polar surface area (TPSA) is 51.5 Å². The molecule has 1 N–H and O–H groups in total. The van der Waals surface area contributed by atoms with Crippen LogP contribution in [0.4, 0.5) is 10.2 Å². The highest BCUT2D eigenvalue weighted by Crippen LogP contribution is 2.29. The Hall–Kier alpha value is -2.15. The number of halogens is 2. The van der Waals surface area contributed by atoms with E-state index < -0.39 is 5.82 Å². The highest BCUT2D eigenvalue weighted by molar-refractivity contribution is 9.10. The zero-order valence-corrected chi connectivity index (χ0v) is 12.1. The van der Waals surface area contributed by atoms with Gasteiger partial charge in [-0.3, -0.25) is 4.40 Å². The van der Waals surface area contributed by atoms with Crippen molar-refractivity contribution in [2.24, 2.45) is 0 Å². The quantitative estimate of drug-likeness (QED) is 0.795. The molecule has 0 unspecified atom stereocenters. The summed E-state index contributed by atoms with van der Waals surface area (Å²) in [4.78, 5) is 8.41. The van der Waals surface area contributed by atoms with Crippen molar-refractivity contribution >= 4 is 27.4 Å². The zero-order chi connectivity index (χ0) is 14.1. The predicted molar refractivity (Wildman–Crippen MR) is 76.7 cm³/mol. The van der Waals surface area contributed by atoms with Crippen molar-refractivity contribution in [3.63, 3.8) is 0 Å². The van der Waals surface area contributed by atoms with E-state index in [0.717, 1.165) is 4.47 Å². The van der Waals surface area contributed by atoms with E-state index in [0.29, 0.717) is 11.5 Å². The average molecular weight is 337 g/mol. The van der Waals surface area contributed by atoms with E-state index in [2.05, 4.69) is 31.2 Å². The molecule has 2 aromatic heterocycles. The molecule has 5 nitrogen and oxygen atoms in total. The number of nitrogens with zero attached hydrogens (tertiary/aromatic N) is 3. The average Bonchev–Trinajstić information content (AvgIpc) is 2.91. The normalized spacial score (nSPS) is 10.8. The van der Waals surface area contributed by atoms with Gasteiger partial charge in [-0.05, 0) is 18.2 Å². The molecule has 0 saturated heterocycles. The summed E-state index contributed by atoms with van der Waals surface area (Å²) in [5.41, 5.74) is 0.517. The van der Waals surface area contributed by atoms with Crippen molar-refractivity contribution in [1.82, 2.24) is 14.4 Å². The number of aromatic nitrogens is 3. The fourth-order valence-corrected chi connectivity index (χ4v) is 2.09. The van der Waals surface area contributed by atoms with E-state index in [1.165, 1.54) is 6.07 Å². The summed E-state index contributed by atoms with van der Waals surface area (Å²) in [6.45, 7) is 0. The molecule has 1 aromatic carbocycles. The molecule has 0 radical (unpaired) electrons. The summed E-state index contributed by atoms with van der Waals surface area (Å²) in [6, 6.07) is 4.47. The summed E-state index contributed by atoms with van der Waals surface area (Å²) in [5, 5.41) is 2.92. The van der Waals surface area contributed by atoms with Crippen molar-refractivity contribution in [3.05, 3.63) is 47.1 Å². The lowest BCUT2D eigenvalue weighted by Gasteiger charge is -2.09. The van der Waals surface area contributed by atoms with Crippen LogP contribution in [0.2, 0.25) is 0 Å². The van der Waals surface area contributed by atoms with Gasteiger partial charge in [0.2, 0.25) is 5.65 Å². The lowest BCUT2D eigenvalue weighted by molar-refractivity contribution is 0.429. The molecule has 0 aliphatic carbocycles. The van der Waals surface area contributed by atoms with Gasteiger partial charge in [-0.2, -0.15) is 4.98 Å². The molecule has 20 heavy (non-hydrogen) atoms. The Morgan fingerprint density at radius 3 is 3.05 bits per heavy atom. The van der Waals surface area contributed by atoms with Gasteiger partial charge in [-0.25, -0.2) is 9.37 Å². The third kappa shape index (κ3) is 2.32. The Morgan fingerprint density at radius 2 is 2.25 bits per heavy atom. The number of anilines is 1. The molecule has 0 aliphatic heterocycles. The summed E-state index contributed by atoms with van der Waals surface area (Å²) in [7, 11) is 1.74. The van der Waals surface area contributed by atoms with E-state index in [4.69, 9.17) is 4.74 Å². The predicted octanol–water partition coefficient (Wildman–Crippen LogP) is 3.46. The monoisotopic (exact) mass is 336 g/mol. The molecule has 0 bridgehead atoms. The summed E-state index contributed by atoms with van der Waals surface area (Å²) in [6.07, 6.45) is 5.16. The van der Waals surface area contributed by atoms with Crippen LogP contribution in [0.15, 0.2) is 41.3 Å². The molecule has 0 fully saturated rings. The van der Waals surface area contributed by atoms with Crippen LogP contribution in [0.5, 0.6) is 11.6 Å². The number of rotatable bonds is 3. The minimum absolute atomic E-state index is 0.0880. The number of ether oxygens (including phenoxy) is 1. The standard InChI is InChI=1S/C13H10BrFN4O/c1-16-11-7-19-5-4-17-12(19)13(18-11)20-10-6-8(14)2-3-9(10)15/h2-7,16H,1H3. The largest absolute Gasteiger partial charge is 0.433 e. The molecule has 0 saturated carbocycles. The second kappa shape index (κ2) is 5.09. The Morgan fingerprint density at radius 1 is 1.40 bits per heavy atom. The van der Waals surface area contributed by atoms with Crippen molar-refractivity contribution in [3.8, 4) is 11.6 Å². The van der Waals surface area contributed by atoms with Gasteiger partial charge in [0, 0.05) is 23.9 Å². The van der Waals surface area contributed by atoms with E-state index in [9.17, 15) is 4.39 Å². The van der Waals surface area contributed by atoms with Crippen LogP contribution in [0, 0.1) is 5.82 Å². The fraction of sp³-hybridized carbons (Fsp3) is 0.0769. The van der Waals surface area contributed by atoms with Crippen LogP contribution in [-0.2, 0) is 0 Å². The highest BCUT2D eigenvalue weighted by atomic mass is 79.9. The van der Waals surface area contributed by atoms with Gasteiger partial charge >= 0.3 is 0 Å². The first-order valence-electron chi connectivity index (χ1n) is 5.82. The molecule has 0 atom stereocenters. The molecular formula is C13H10BrFN4O. The van der Waals surface area contributed by atoms with Crippen LogP contribution in [0.25, 0.3) is 5.65 Å². The third-order valence-electron chi connectivity index (χ3n) is 2.70. The molecule has 3 aromatic rings. The molecule has 0 amide bonds. The number of fused-ring (bicyclic) bond motifs is 1. The molecule has 7 heteroatoms. The van der Waals surface area contributed by atoms with Gasteiger partial charge in [-0.15, -0.1) is 0 Å². The van der Waals surface area contributed by atoms with E-state index >= 15 is 0 Å². The Labute approximate surface area is 122 Å². The van der Waals surface area contributed by atoms with Gasteiger partial charge in [0.25, 0.3) is 5.88 Å². The van der Waals surface area contributed by atoms with Gasteiger partial charge < -0.3 is 10.1 Å².